The molecule has 1 fully saturated rings. The van der Waals surface area contributed by atoms with Crippen LogP contribution in [-0.4, -0.2) is 50.4 Å². The van der Waals surface area contributed by atoms with Gasteiger partial charge in [-0.3, -0.25) is 15.0 Å². The van der Waals surface area contributed by atoms with Crippen LogP contribution in [0.25, 0.3) is 0 Å². The van der Waals surface area contributed by atoms with E-state index in [1.54, 1.807) is 0 Å². The lowest BCUT2D eigenvalue weighted by Gasteiger charge is -2.24. The molecule has 1 aliphatic heterocycles. The first-order valence-corrected chi connectivity index (χ1v) is 5.43. The molecule has 7 nitrogen and oxygen atoms in total. The molecule has 0 spiro atoms. The second-order valence-electron chi connectivity index (χ2n) is 4.00. The highest BCUT2D eigenvalue weighted by molar-refractivity contribution is 5.94. The van der Waals surface area contributed by atoms with E-state index in [4.69, 9.17) is 0 Å². The fourth-order valence-electron chi connectivity index (χ4n) is 1.91. The van der Waals surface area contributed by atoms with Crippen molar-refractivity contribution in [2.75, 3.05) is 12.0 Å². The third-order valence-electron chi connectivity index (χ3n) is 2.72. The molecule has 2 amide bonds. The molecular weight excluding hydrogens is 267 g/mol. The van der Waals surface area contributed by atoms with Crippen LogP contribution >= 0.6 is 0 Å². The Morgan fingerprint density at radius 1 is 1.26 bits per heavy atom. The maximum Gasteiger partial charge on any atom is 0.471 e. The molecular formula is C9H10F3N5O2. The first kappa shape index (κ1) is 13.3. The average Bonchev–Trinajstić information content (AvgIpc) is 2.96. The van der Waals surface area contributed by atoms with Crippen LogP contribution in [0.1, 0.15) is 12.8 Å². The summed E-state index contributed by atoms with van der Waals surface area (Å²) in [6, 6.07) is -1.13. The third kappa shape index (κ3) is 2.83. The number of carbonyl (C=O) groups excluding carboxylic acids is 2. The van der Waals surface area contributed by atoms with Gasteiger partial charge in [0.2, 0.25) is 0 Å². The van der Waals surface area contributed by atoms with Crippen molar-refractivity contribution in [3.8, 4) is 0 Å². The van der Waals surface area contributed by atoms with Crippen molar-refractivity contribution in [1.82, 2.24) is 19.8 Å². The summed E-state index contributed by atoms with van der Waals surface area (Å²) in [6.45, 7) is -0.0847. The van der Waals surface area contributed by atoms with Gasteiger partial charge >= 0.3 is 12.1 Å². The van der Waals surface area contributed by atoms with E-state index in [-0.39, 0.29) is 13.0 Å². The number of aromatic nitrogens is 3. The number of nitrogens with one attached hydrogen (secondary N) is 1. The Morgan fingerprint density at radius 2 is 1.89 bits per heavy atom. The lowest BCUT2D eigenvalue weighted by Crippen LogP contribution is -2.49. The fraction of sp³-hybridized carbons (Fsp3) is 0.556. The van der Waals surface area contributed by atoms with E-state index < -0.39 is 24.0 Å². The van der Waals surface area contributed by atoms with Gasteiger partial charge < -0.3 is 4.90 Å². The molecule has 1 aromatic heterocycles. The summed E-state index contributed by atoms with van der Waals surface area (Å²) in [4.78, 5) is 23.5. The lowest BCUT2D eigenvalue weighted by molar-refractivity contribution is -0.186. The second kappa shape index (κ2) is 4.86. The van der Waals surface area contributed by atoms with Crippen molar-refractivity contribution in [2.45, 2.75) is 25.1 Å². The Balaban J connectivity index is 2.06. The maximum absolute atomic E-state index is 12.4. The normalized spacial score (nSPS) is 19.5. The molecule has 0 aromatic carbocycles. The maximum atomic E-state index is 12.4. The Bertz CT molecular complexity index is 473. The zero-order valence-corrected chi connectivity index (χ0v) is 9.59. The first-order valence-electron chi connectivity index (χ1n) is 5.43. The summed E-state index contributed by atoms with van der Waals surface area (Å²) in [5, 5.41) is 6.87. The zero-order chi connectivity index (χ0) is 14.0. The summed E-state index contributed by atoms with van der Waals surface area (Å²) in [7, 11) is 0. The summed E-state index contributed by atoms with van der Waals surface area (Å²) in [6.07, 6.45) is -2.07. The minimum absolute atomic E-state index is 0.0847. The van der Waals surface area contributed by atoms with E-state index in [1.807, 2.05) is 0 Å². The highest BCUT2D eigenvalue weighted by Gasteiger charge is 2.47. The Morgan fingerprint density at radius 3 is 2.47 bits per heavy atom. The van der Waals surface area contributed by atoms with E-state index in [0.29, 0.717) is 11.3 Å². The molecule has 2 rings (SSSR count). The molecule has 2 heterocycles. The molecule has 0 radical (unpaired) electrons. The van der Waals surface area contributed by atoms with Crippen molar-refractivity contribution < 1.29 is 22.8 Å². The number of rotatable bonds is 2. The smallest absolute Gasteiger partial charge is 0.323 e. The molecule has 1 unspecified atom stereocenters. The van der Waals surface area contributed by atoms with Crippen LogP contribution in [0.3, 0.4) is 0 Å². The van der Waals surface area contributed by atoms with Gasteiger partial charge in [-0.25, -0.2) is 4.68 Å². The third-order valence-corrected chi connectivity index (χ3v) is 2.72. The van der Waals surface area contributed by atoms with Crippen molar-refractivity contribution in [1.29, 1.82) is 0 Å². The van der Waals surface area contributed by atoms with Gasteiger partial charge in [-0.05, 0) is 12.8 Å². The van der Waals surface area contributed by atoms with Crippen molar-refractivity contribution in [2.24, 2.45) is 0 Å². The molecule has 19 heavy (non-hydrogen) atoms. The highest BCUT2D eigenvalue weighted by Crippen LogP contribution is 2.25. The fourth-order valence-corrected chi connectivity index (χ4v) is 1.91. The van der Waals surface area contributed by atoms with Gasteiger partial charge in [-0.2, -0.15) is 13.2 Å². The summed E-state index contributed by atoms with van der Waals surface area (Å²) >= 11 is 0. The lowest BCUT2D eigenvalue weighted by atomic mass is 10.2. The van der Waals surface area contributed by atoms with Crippen LogP contribution in [0.2, 0.25) is 0 Å². The van der Waals surface area contributed by atoms with Crippen molar-refractivity contribution in [3.63, 3.8) is 0 Å². The predicted octanol–water partition coefficient (Wildman–Crippen LogP) is -0.0985. The first-order chi connectivity index (χ1) is 8.89. The van der Waals surface area contributed by atoms with Crippen molar-refractivity contribution in [3.05, 3.63) is 12.7 Å². The van der Waals surface area contributed by atoms with Crippen LogP contribution in [0.15, 0.2) is 12.7 Å². The Hall–Kier alpha value is -2.13. The van der Waals surface area contributed by atoms with Gasteiger partial charge in [0.1, 0.15) is 18.7 Å². The van der Waals surface area contributed by atoms with Gasteiger partial charge in [0.25, 0.3) is 5.91 Å². The second-order valence-corrected chi connectivity index (χ2v) is 4.00. The van der Waals surface area contributed by atoms with E-state index in [9.17, 15) is 22.8 Å². The summed E-state index contributed by atoms with van der Waals surface area (Å²) < 4.78 is 38.2. The summed E-state index contributed by atoms with van der Waals surface area (Å²) in [5.41, 5.74) is 2.29. The number of likely N-dealkylation sites (tertiary alicyclic amines) is 1. The van der Waals surface area contributed by atoms with Crippen LogP contribution in [0, 0.1) is 0 Å². The van der Waals surface area contributed by atoms with Gasteiger partial charge in [0.15, 0.2) is 0 Å². The largest absolute Gasteiger partial charge is 0.471 e. The number of halogens is 3. The SMILES string of the molecule is O=C(Nn1cnnc1)C1CCCN1C(=O)C(F)(F)F. The van der Waals surface area contributed by atoms with E-state index in [1.165, 1.54) is 12.7 Å². The quantitative estimate of drug-likeness (QED) is 0.818. The average molecular weight is 277 g/mol. The molecule has 1 N–H and O–H groups in total. The van der Waals surface area contributed by atoms with E-state index >= 15 is 0 Å². The summed E-state index contributed by atoms with van der Waals surface area (Å²) in [5.74, 6) is -2.69. The zero-order valence-electron chi connectivity index (χ0n) is 9.59. The minimum atomic E-state index is -4.97. The molecule has 10 heteroatoms. The molecule has 1 aliphatic rings. The van der Waals surface area contributed by atoms with Gasteiger partial charge in [-0.1, -0.05) is 0 Å². The van der Waals surface area contributed by atoms with Gasteiger partial charge in [0, 0.05) is 6.54 Å². The molecule has 0 aliphatic carbocycles. The molecule has 0 saturated carbocycles. The predicted molar refractivity (Wildman–Crippen MR) is 55.2 cm³/mol. The molecule has 1 saturated heterocycles. The monoisotopic (exact) mass is 277 g/mol. The van der Waals surface area contributed by atoms with Gasteiger partial charge in [0.05, 0.1) is 0 Å². The minimum Gasteiger partial charge on any atom is -0.323 e. The molecule has 104 valence electrons. The topological polar surface area (TPSA) is 80.1 Å². The standard InChI is InChI=1S/C9H10F3N5O2/c10-9(11,12)8(19)17-3-1-2-6(17)7(18)15-16-4-13-14-5-16/h4-6H,1-3H2,(H,15,18). The van der Waals surface area contributed by atoms with Crippen LogP contribution < -0.4 is 5.43 Å². The highest BCUT2D eigenvalue weighted by atomic mass is 19.4. The Kier molecular flexibility index (Phi) is 3.40. The Labute approximate surface area is 105 Å². The van der Waals surface area contributed by atoms with Crippen LogP contribution in [-0.2, 0) is 9.59 Å². The van der Waals surface area contributed by atoms with Gasteiger partial charge in [-0.15, -0.1) is 10.2 Å². The number of alkyl halides is 3. The number of hydrogen-bond donors (Lipinski definition) is 1. The number of nitrogens with zero attached hydrogens (tertiary/aromatic N) is 4. The van der Waals surface area contributed by atoms with E-state index in [2.05, 4.69) is 15.6 Å². The van der Waals surface area contributed by atoms with Crippen molar-refractivity contribution >= 4 is 11.8 Å². The number of amides is 2. The molecule has 1 aromatic rings. The van der Waals surface area contributed by atoms with Crippen LogP contribution in [0.4, 0.5) is 13.2 Å². The van der Waals surface area contributed by atoms with Crippen LogP contribution in [0.5, 0.6) is 0 Å². The number of hydrogen-bond acceptors (Lipinski definition) is 4. The molecule has 1 atom stereocenters. The van der Waals surface area contributed by atoms with E-state index in [0.717, 1.165) is 4.68 Å². The number of carbonyl (C=O) groups is 2. The molecule has 0 bridgehead atoms.